The second-order valence-corrected chi connectivity index (χ2v) is 5.16. The molecule has 1 unspecified atom stereocenters. The molecule has 0 spiro atoms. The van der Waals surface area contributed by atoms with Crippen molar-refractivity contribution in [2.24, 2.45) is 11.7 Å². The predicted molar refractivity (Wildman–Crippen MR) is 69.0 cm³/mol. The SMILES string of the molecule is CC(CN)CN1C(=O)C(=O)c2ccc(Br)cc21. The third kappa shape index (κ3) is 2.12. The first-order chi connectivity index (χ1) is 8.04. The maximum absolute atomic E-state index is 11.8. The third-order valence-electron chi connectivity index (χ3n) is 2.83. The van der Waals surface area contributed by atoms with Crippen LogP contribution in [-0.2, 0) is 4.79 Å². The van der Waals surface area contributed by atoms with Crippen LogP contribution in [0.25, 0.3) is 0 Å². The summed E-state index contributed by atoms with van der Waals surface area (Å²) in [6.45, 7) is 2.92. The normalized spacial score (nSPS) is 16.3. The van der Waals surface area contributed by atoms with Gasteiger partial charge in [0.05, 0.1) is 11.3 Å². The lowest BCUT2D eigenvalue weighted by Gasteiger charge is -2.20. The van der Waals surface area contributed by atoms with Gasteiger partial charge in [-0.3, -0.25) is 9.59 Å². The van der Waals surface area contributed by atoms with Crippen LogP contribution in [-0.4, -0.2) is 24.8 Å². The van der Waals surface area contributed by atoms with Crippen LogP contribution in [0, 0.1) is 5.92 Å². The maximum atomic E-state index is 11.8. The van der Waals surface area contributed by atoms with Crippen LogP contribution in [0.15, 0.2) is 22.7 Å². The summed E-state index contributed by atoms with van der Waals surface area (Å²) >= 11 is 3.34. The number of anilines is 1. The highest BCUT2D eigenvalue weighted by Gasteiger charge is 2.36. The number of ketones is 1. The maximum Gasteiger partial charge on any atom is 0.299 e. The molecule has 1 amide bonds. The number of benzene rings is 1. The Balaban J connectivity index is 2.39. The van der Waals surface area contributed by atoms with Crippen molar-refractivity contribution >= 4 is 33.3 Å². The minimum absolute atomic E-state index is 0.164. The largest absolute Gasteiger partial charge is 0.330 e. The molecule has 0 aromatic heterocycles. The number of nitrogens with zero attached hydrogens (tertiary/aromatic N) is 1. The van der Waals surface area contributed by atoms with Crippen molar-refractivity contribution in [1.82, 2.24) is 0 Å². The molecule has 1 aliphatic heterocycles. The first-order valence-corrected chi connectivity index (χ1v) is 6.19. The van der Waals surface area contributed by atoms with Crippen LogP contribution >= 0.6 is 15.9 Å². The summed E-state index contributed by atoms with van der Waals surface area (Å²) in [7, 11) is 0. The van der Waals surface area contributed by atoms with Gasteiger partial charge in [0.25, 0.3) is 11.7 Å². The van der Waals surface area contributed by atoms with Crippen molar-refractivity contribution in [3.05, 3.63) is 28.2 Å². The molecule has 1 atom stereocenters. The van der Waals surface area contributed by atoms with Crippen molar-refractivity contribution in [3.63, 3.8) is 0 Å². The second kappa shape index (κ2) is 4.58. The summed E-state index contributed by atoms with van der Waals surface area (Å²) < 4.78 is 0.851. The molecule has 4 nitrogen and oxygen atoms in total. The molecule has 0 saturated carbocycles. The lowest BCUT2D eigenvalue weighted by atomic mass is 10.1. The Morgan fingerprint density at radius 2 is 2.12 bits per heavy atom. The van der Waals surface area contributed by atoms with E-state index in [4.69, 9.17) is 5.73 Å². The fourth-order valence-corrected chi connectivity index (χ4v) is 2.18. The smallest absolute Gasteiger partial charge is 0.299 e. The van der Waals surface area contributed by atoms with Gasteiger partial charge in [0.15, 0.2) is 0 Å². The van der Waals surface area contributed by atoms with Gasteiger partial charge in [-0.25, -0.2) is 0 Å². The summed E-state index contributed by atoms with van der Waals surface area (Å²) in [4.78, 5) is 25.1. The molecule has 1 aromatic carbocycles. The Bertz CT molecular complexity index is 487. The highest BCUT2D eigenvalue weighted by Crippen LogP contribution is 2.32. The molecule has 17 heavy (non-hydrogen) atoms. The molecular formula is C12H13BrN2O2. The van der Waals surface area contributed by atoms with Crippen molar-refractivity contribution in [2.75, 3.05) is 18.0 Å². The van der Waals surface area contributed by atoms with E-state index in [-0.39, 0.29) is 5.92 Å². The first kappa shape index (κ1) is 12.3. The summed E-state index contributed by atoms with van der Waals surface area (Å²) in [5, 5.41) is 0. The van der Waals surface area contributed by atoms with Gasteiger partial charge in [-0.15, -0.1) is 0 Å². The molecule has 2 rings (SSSR count). The Hall–Kier alpha value is -1.20. The summed E-state index contributed by atoms with van der Waals surface area (Å²) in [5.41, 5.74) is 6.70. The Labute approximate surface area is 108 Å². The number of amides is 1. The number of hydrogen-bond acceptors (Lipinski definition) is 3. The number of Topliss-reactive ketones (excluding diaryl/α,β-unsaturated/α-hetero) is 1. The number of nitrogens with two attached hydrogens (primary N) is 1. The third-order valence-corrected chi connectivity index (χ3v) is 3.32. The van der Waals surface area contributed by atoms with Crippen molar-refractivity contribution in [2.45, 2.75) is 6.92 Å². The molecule has 1 aliphatic rings. The number of rotatable bonds is 3. The highest BCUT2D eigenvalue weighted by atomic mass is 79.9. The molecule has 90 valence electrons. The van der Waals surface area contributed by atoms with E-state index >= 15 is 0 Å². The van der Waals surface area contributed by atoms with Crippen molar-refractivity contribution < 1.29 is 9.59 Å². The lowest BCUT2D eigenvalue weighted by Crippen LogP contribution is -2.35. The first-order valence-electron chi connectivity index (χ1n) is 5.40. The zero-order chi connectivity index (χ0) is 12.6. The molecule has 0 saturated heterocycles. The Morgan fingerprint density at radius 1 is 1.41 bits per heavy atom. The van der Waals surface area contributed by atoms with E-state index < -0.39 is 11.7 Å². The number of hydrogen-bond donors (Lipinski definition) is 1. The van der Waals surface area contributed by atoms with Gasteiger partial charge in [0.1, 0.15) is 0 Å². The van der Waals surface area contributed by atoms with Gasteiger partial charge >= 0.3 is 0 Å². The Morgan fingerprint density at radius 3 is 2.76 bits per heavy atom. The van der Waals surface area contributed by atoms with E-state index in [1.54, 1.807) is 18.2 Å². The molecule has 2 N–H and O–H groups in total. The standard InChI is InChI=1S/C12H13BrN2O2/c1-7(5-14)6-15-10-4-8(13)2-3-9(10)11(16)12(15)17/h2-4,7H,5-6,14H2,1H3. The van der Waals surface area contributed by atoms with Gasteiger partial charge in [-0.05, 0) is 30.7 Å². The van der Waals surface area contributed by atoms with Gasteiger partial charge in [-0.1, -0.05) is 22.9 Å². The van der Waals surface area contributed by atoms with Crippen LogP contribution in [0.4, 0.5) is 5.69 Å². The molecular weight excluding hydrogens is 284 g/mol. The monoisotopic (exact) mass is 296 g/mol. The molecule has 1 heterocycles. The molecule has 0 bridgehead atoms. The quantitative estimate of drug-likeness (QED) is 0.861. The predicted octanol–water partition coefficient (Wildman–Crippen LogP) is 1.57. The highest BCUT2D eigenvalue weighted by molar-refractivity contribution is 9.10. The number of halogens is 1. The van der Waals surface area contributed by atoms with Gasteiger partial charge in [0.2, 0.25) is 0 Å². The minimum atomic E-state index is -0.460. The average Bonchev–Trinajstić information content (AvgIpc) is 2.54. The van der Waals surface area contributed by atoms with Gasteiger partial charge in [-0.2, -0.15) is 0 Å². The van der Waals surface area contributed by atoms with E-state index in [1.165, 1.54) is 4.90 Å². The van der Waals surface area contributed by atoms with Crippen LogP contribution in [0.2, 0.25) is 0 Å². The van der Waals surface area contributed by atoms with Crippen LogP contribution in [0.3, 0.4) is 0 Å². The molecule has 0 radical (unpaired) electrons. The number of carbonyl (C=O) groups excluding carboxylic acids is 2. The molecule has 0 aliphatic carbocycles. The fourth-order valence-electron chi connectivity index (χ4n) is 1.83. The van der Waals surface area contributed by atoms with Crippen LogP contribution < -0.4 is 10.6 Å². The van der Waals surface area contributed by atoms with Crippen LogP contribution in [0.1, 0.15) is 17.3 Å². The lowest BCUT2D eigenvalue weighted by molar-refractivity contribution is -0.114. The second-order valence-electron chi connectivity index (χ2n) is 4.25. The summed E-state index contributed by atoms with van der Waals surface area (Å²) in [6.07, 6.45) is 0. The average molecular weight is 297 g/mol. The van der Waals surface area contributed by atoms with E-state index in [1.807, 2.05) is 6.92 Å². The van der Waals surface area contributed by atoms with E-state index in [0.717, 1.165) is 4.47 Å². The zero-order valence-corrected chi connectivity index (χ0v) is 11.0. The van der Waals surface area contributed by atoms with Gasteiger partial charge in [0, 0.05) is 11.0 Å². The van der Waals surface area contributed by atoms with Crippen molar-refractivity contribution in [1.29, 1.82) is 0 Å². The summed E-state index contributed by atoms with van der Waals surface area (Å²) in [6, 6.07) is 5.23. The topological polar surface area (TPSA) is 63.4 Å². The van der Waals surface area contributed by atoms with Gasteiger partial charge < -0.3 is 10.6 Å². The number of fused-ring (bicyclic) bond motifs is 1. The molecule has 0 fully saturated rings. The minimum Gasteiger partial charge on any atom is -0.330 e. The molecule has 1 aromatic rings. The summed E-state index contributed by atoms with van der Waals surface area (Å²) in [5.74, 6) is -0.730. The van der Waals surface area contributed by atoms with E-state index in [9.17, 15) is 9.59 Å². The fraction of sp³-hybridized carbons (Fsp3) is 0.333. The van der Waals surface area contributed by atoms with E-state index in [2.05, 4.69) is 15.9 Å². The number of carbonyl (C=O) groups is 2. The van der Waals surface area contributed by atoms with Crippen molar-refractivity contribution in [3.8, 4) is 0 Å². The van der Waals surface area contributed by atoms with E-state index in [0.29, 0.717) is 24.3 Å². The molecule has 5 heteroatoms. The Kier molecular flexibility index (Phi) is 3.31. The zero-order valence-electron chi connectivity index (χ0n) is 9.44. The van der Waals surface area contributed by atoms with Crippen LogP contribution in [0.5, 0.6) is 0 Å².